The molecule has 2 rings (SSSR count). The van der Waals surface area contributed by atoms with Gasteiger partial charge in [0.2, 0.25) is 0 Å². The highest BCUT2D eigenvalue weighted by molar-refractivity contribution is 5.29. The van der Waals surface area contributed by atoms with Gasteiger partial charge in [0.05, 0.1) is 5.69 Å². The van der Waals surface area contributed by atoms with Crippen LogP contribution in [0.5, 0.6) is 0 Å². The zero-order valence-corrected chi connectivity index (χ0v) is 13.4. The molecular formula is C16H29N3O. The topological polar surface area (TPSA) is 41.3 Å². The highest BCUT2D eigenvalue weighted by Crippen LogP contribution is 2.25. The van der Waals surface area contributed by atoms with Crippen molar-refractivity contribution in [1.29, 1.82) is 0 Å². The van der Waals surface area contributed by atoms with Crippen molar-refractivity contribution in [1.82, 2.24) is 10.3 Å². The molecule has 1 aromatic heterocycles. The molecule has 1 unspecified atom stereocenters. The molecule has 1 atom stereocenters. The smallest absolute Gasteiger partial charge is 0.297 e. The van der Waals surface area contributed by atoms with Crippen molar-refractivity contribution in [3.05, 3.63) is 12.0 Å². The van der Waals surface area contributed by atoms with E-state index in [2.05, 4.69) is 42.9 Å². The van der Waals surface area contributed by atoms with Crippen LogP contribution >= 0.6 is 0 Å². The van der Waals surface area contributed by atoms with E-state index >= 15 is 0 Å². The van der Waals surface area contributed by atoms with Crippen molar-refractivity contribution < 1.29 is 4.42 Å². The van der Waals surface area contributed by atoms with Crippen LogP contribution in [0.1, 0.15) is 65.5 Å². The van der Waals surface area contributed by atoms with Crippen LogP contribution in [0, 0.1) is 0 Å². The maximum absolute atomic E-state index is 5.73. The zero-order chi connectivity index (χ0) is 14.6. The first-order chi connectivity index (χ1) is 9.49. The highest BCUT2D eigenvalue weighted by atomic mass is 16.4. The lowest BCUT2D eigenvalue weighted by Gasteiger charge is -2.27. The van der Waals surface area contributed by atoms with Gasteiger partial charge in [0.25, 0.3) is 6.01 Å². The minimum Gasteiger partial charge on any atom is -0.432 e. The quantitative estimate of drug-likeness (QED) is 0.912. The molecule has 20 heavy (non-hydrogen) atoms. The maximum Gasteiger partial charge on any atom is 0.297 e. The van der Waals surface area contributed by atoms with Gasteiger partial charge >= 0.3 is 0 Å². The number of oxazole rings is 1. The predicted molar refractivity (Wildman–Crippen MR) is 83.0 cm³/mol. The SMILES string of the molecule is CCC1CCCCCN1c1nc(CNC(C)(C)C)co1. The highest BCUT2D eigenvalue weighted by Gasteiger charge is 2.23. The summed E-state index contributed by atoms with van der Waals surface area (Å²) in [5.41, 5.74) is 1.10. The molecule has 4 nitrogen and oxygen atoms in total. The molecule has 1 aliphatic heterocycles. The summed E-state index contributed by atoms with van der Waals surface area (Å²) < 4.78 is 5.73. The van der Waals surface area contributed by atoms with E-state index in [1.54, 1.807) is 6.26 Å². The van der Waals surface area contributed by atoms with E-state index in [0.717, 1.165) is 31.2 Å². The van der Waals surface area contributed by atoms with Gasteiger partial charge in [0.15, 0.2) is 0 Å². The fourth-order valence-electron chi connectivity index (χ4n) is 2.72. The van der Waals surface area contributed by atoms with Crippen molar-refractivity contribution in [2.45, 2.75) is 77.9 Å². The molecule has 1 N–H and O–H groups in total. The molecule has 1 saturated heterocycles. The molecule has 0 amide bonds. The molecule has 0 aromatic carbocycles. The molecule has 0 radical (unpaired) electrons. The largest absolute Gasteiger partial charge is 0.432 e. The summed E-state index contributed by atoms with van der Waals surface area (Å²) in [6.07, 6.45) is 8.12. The summed E-state index contributed by atoms with van der Waals surface area (Å²) in [5, 5.41) is 3.45. The molecule has 1 fully saturated rings. The van der Waals surface area contributed by atoms with E-state index in [0.29, 0.717) is 6.04 Å². The molecular weight excluding hydrogens is 250 g/mol. The summed E-state index contributed by atoms with van der Waals surface area (Å²) >= 11 is 0. The van der Waals surface area contributed by atoms with Gasteiger partial charge in [-0.3, -0.25) is 0 Å². The first-order valence-corrected chi connectivity index (χ1v) is 7.95. The van der Waals surface area contributed by atoms with Gasteiger partial charge in [-0.2, -0.15) is 4.98 Å². The summed E-state index contributed by atoms with van der Waals surface area (Å²) in [6, 6.07) is 1.39. The van der Waals surface area contributed by atoms with E-state index in [4.69, 9.17) is 4.42 Å². The zero-order valence-electron chi connectivity index (χ0n) is 13.4. The first-order valence-electron chi connectivity index (χ1n) is 7.95. The Morgan fingerprint density at radius 3 is 2.85 bits per heavy atom. The van der Waals surface area contributed by atoms with Crippen LogP contribution in [0.2, 0.25) is 0 Å². The minimum absolute atomic E-state index is 0.105. The fourth-order valence-corrected chi connectivity index (χ4v) is 2.72. The van der Waals surface area contributed by atoms with Crippen LogP contribution in [0.25, 0.3) is 0 Å². The lowest BCUT2D eigenvalue weighted by atomic mass is 10.1. The molecule has 1 aromatic rings. The Bertz CT molecular complexity index is 408. The van der Waals surface area contributed by atoms with Crippen molar-refractivity contribution in [2.24, 2.45) is 0 Å². The Labute approximate surface area is 122 Å². The molecule has 1 aliphatic rings. The Morgan fingerprint density at radius 2 is 2.15 bits per heavy atom. The molecule has 114 valence electrons. The Balaban J connectivity index is 2.02. The number of nitrogens with one attached hydrogen (secondary N) is 1. The third-order valence-electron chi connectivity index (χ3n) is 3.93. The third-order valence-corrected chi connectivity index (χ3v) is 3.93. The Hall–Kier alpha value is -1.03. The van der Waals surface area contributed by atoms with E-state index in [1.807, 2.05) is 0 Å². The number of hydrogen-bond donors (Lipinski definition) is 1. The molecule has 0 aliphatic carbocycles. The lowest BCUT2D eigenvalue weighted by Crippen LogP contribution is -2.35. The summed E-state index contributed by atoms with van der Waals surface area (Å²) in [7, 11) is 0. The van der Waals surface area contributed by atoms with Crippen molar-refractivity contribution in [2.75, 3.05) is 11.4 Å². The second-order valence-corrected chi connectivity index (χ2v) is 6.83. The van der Waals surface area contributed by atoms with Crippen molar-refractivity contribution in [3.8, 4) is 0 Å². The Kier molecular flexibility index (Phi) is 5.08. The molecule has 4 heteroatoms. The average molecular weight is 279 g/mol. The summed E-state index contributed by atoms with van der Waals surface area (Å²) in [6.45, 7) is 10.6. The van der Waals surface area contributed by atoms with E-state index in [1.165, 1.54) is 25.7 Å². The average Bonchev–Trinajstić information content (AvgIpc) is 2.72. The van der Waals surface area contributed by atoms with E-state index in [9.17, 15) is 0 Å². The minimum atomic E-state index is 0.105. The Morgan fingerprint density at radius 1 is 1.35 bits per heavy atom. The summed E-state index contributed by atoms with van der Waals surface area (Å²) in [5.74, 6) is 0. The van der Waals surface area contributed by atoms with Crippen LogP contribution in [0.3, 0.4) is 0 Å². The lowest BCUT2D eigenvalue weighted by molar-refractivity contribution is 0.420. The second-order valence-electron chi connectivity index (χ2n) is 6.83. The molecule has 2 heterocycles. The summed E-state index contributed by atoms with van der Waals surface area (Å²) in [4.78, 5) is 7.04. The molecule has 0 spiro atoms. The van der Waals surface area contributed by atoms with E-state index in [-0.39, 0.29) is 5.54 Å². The maximum atomic E-state index is 5.73. The molecule has 0 bridgehead atoms. The van der Waals surface area contributed by atoms with Crippen LogP contribution in [0.4, 0.5) is 6.01 Å². The number of rotatable bonds is 4. The fraction of sp³-hybridized carbons (Fsp3) is 0.812. The predicted octanol–water partition coefficient (Wildman–Crippen LogP) is 3.72. The van der Waals surface area contributed by atoms with Gasteiger partial charge in [-0.1, -0.05) is 19.8 Å². The second kappa shape index (κ2) is 6.61. The van der Waals surface area contributed by atoms with Crippen LogP contribution in [-0.4, -0.2) is 23.1 Å². The van der Waals surface area contributed by atoms with Gasteiger partial charge in [-0.05, 0) is 40.0 Å². The standard InChI is InChI=1S/C16H29N3O/c1-5-14-9-7-6-8-10-19(14)15-18-13(12-20-15)11-17-16(2,3)4/h12,14,17H,5-11H2,1-4H3. The van der Waals surface area contributed by atoms with Crippen LogP contribution in [-0.2, 0) is 6.54 Å². The third kappa shape index (κ3) is 4.23. The van der Waals surface area contributed by atoms with Crippen LogP contribution in [0.15, 0.2) is 10.7 Å². The number of nitrogens with zero attached hydrogens (tertiary/aromatic N) is 2. The van der Waals surface area contributed by atoms with Crippen molar-refractivity contribution >= 4 is 6.01 Å². The monoisotopic (exact) mass is 279 g/mol. The normalized spacial score (nSPS) is 21.0. The first kappa shape index (κ1) is 15.4. The van der Waals surface area contributed by atoms with Gasteiger partial charge in [0.1, 0.15) is 6.26 Å². The van der Waals surface area contributed by atoms with Crippen LogP contribution < -0.4 is 10.2 Å². The number of aromatic nitrogens is 1. The van der Waals surface area contributed by atoms with Gasteiger partial charge in [-0.25, -0.2) is 0 Å². The van der Waals surface area contributed by atoms with Gasteiger partial charge in [0, 0.05) is 24.7 Å². The molecule has 0 saturated carbocycles. The number of anilines is 1. The van der Waals surface area contributed by atoms with Crippen molar-refractivity contribution in [3.63, 3.8) is 0 Å². The van der Waals surface area contributed by atoms with Gasteiger partial charge in [-0.15, -0.1) is 0 Å². The number of hydrogen-bond acceptors (Lipinski definition) is 4. The van der Waals surface area contributed by atoms with Gasteiger partial charge < -0.3 is 14.6 Å². The van der Waals surface area contributed by atoms with E-state index < -0.39 is 0 Å².